The Kier molecular flexibility index (Phi) is 6.92. The van der Waals surface area contributed by atoms with Crippen molar-refractivity contribution in [3.63, 3.8) is 0 Å². The number of piperidine rings is 1. The van der Waals surface area contributed by atoms with Crippen molar-refractivity contribution in [3.05, 3.63) is 59.2 Å². The van der Waals surface area contributed by atoms with E-state index in [-0.39, 0.29) is 17.9 Å². The third-order valence-corrected chi connectivity index (χ3v) is 6.12. The molecule has 0 bridgehead atoms. The third kappa shape index (κ3) is 5.10. The van der Waals surface area contributed by atoms with Crippen molar-refractivity contribution in [1.29, 1.82) is 0 Å². The molecule has 7 nitrogen and oxygen atoms in total. The zero-order valence-corrected chi connectivity index (χ0v) is 18.1. The number of nitrogens with zero attached hydrogens (tertiary/aromatic N) is 4. The van der Waals surface area contributed by atoms with E-state index in [1.807, 2.05) is 30.0 Å². The summed E-state index contributed by atoms with van der Waals surface area (Å²) in [6, 6.07) is 9.97. The summed E-state index contributed by atoms with van der Waals surface area (Å²) < 4.78 is 5.33. The van der Waals surface area contributed by atoms with Crippen molar-refractivity contribution < 1.29 is 14.3 Å². The molecule has 0 radical (unpaired) electrons. The molecule has 164 valence electrons. The van der Waals surface area contributed by atoms with Gasteiger partial charge in [0.15, 0.2) is 5.82 Å². The molecule has 2 aliphatic rings. The van der Waals surface area contributed by atoms with Gasteiger partial charge < -0.3 is 14.5 Å². The number of hydrogen-bond acceptors (Lipinski definition) is 5. The average Bonchev–Trinajstić information content (AvgIpc) is 2.83. The number of ether oxygens (including phenoxy) is 1. The van der Waals surface area contributed by atoms with Crippen LogP contribution in [0.25, 0.3) is 0 Å². The van der Waals surface area contributed by atoms with Crippen LogP contribution in [-0.2, 0) is 16.0 Å². The summed E-state index contributed by atoms with van der Waals surface area (Å²) in [5.74, 6) is 0.735. The molecule has 0 aliphatic carbocycles. The largest absolute Gasteiger partial charge is 0.378 e. The van der Waals surface area contributed by atoms with Crippen LogP contribution in [0.4, 0.5) is 0 Å². The number of carbonyl (C=O) groups is 2. The minimum atomic E-state index is -0.122. The van der Waals surface area contributed by atoms with Gasteiger partial charge in [-0.05, 0) is 38.2 Å². The number of carbonyl (C=O) groups excluding carboxylic acids is 2. The molecule has 2 aliphatic heterocycles. The van der Waals surface area contributed by atoms with Gasteiger partial charge in [0.2, 0.25) is 5.91 Å². The lowest BCUT2D eigenvalue weighted by Crippen LogP contribution is -2.41. The van der Waals surface area contributed by atoms with Crippen molar-refractivity contribution in [3.8, 4) is 0 Å². The molecule has 1 atom stereocenters. The monoisotopic (exact) mass is 422 g/mol. The smallest absolute Gasteiger partial charge is 0.257 e. The van der Waals surface area contributed by atoms with Gasteiger partial charge in [-0.2, -0.15) is 0 Å². The van der Waals surface area contributed by atoms with E-state index in [1.165, 1.54) is 5.56 Å². The van der Waals surface area contributed by atoms with Gasteiger partial charge in [0.25, 0.3) is 5.91 Å². The van der Waals surface area contributed by atoms with Crippen LogP contribution in [0.1, 0.15) is 59.2 Å². The quantitative estimate of drug-likeness (QED) is 0.741. The second-order valence-electron chi connectivity index (χ2n) is 8.22. The highest BCUT2D eigenvalue weighted by atomic mass is 16.5. The molecule has 0 spiro atoms. The van der Waals surface area contributed by atoms with E-state index in [0.29, 0.717) is 49.8 Å². The van der Waals surface area contributed by atoms with Gasteiger partial charge in [0.1, 0.15) is 0 Å². The van der Waals surface area contributed by atoms with E-state index in [4.69, 9.17) is 4.74 Å². The van der Waals surface area contributed by atoms with Gasteiger partial charge in [-0.15, -0.1) is 0 Å². The minimum Gasteiger partial charge on any atom is -0.378 e. The predicted molar refractivity (Wildman–Crippen MR) is 117 cm³/mol. The first-order chi connectivity index (χ1) is 15.1. The van der Waals surface area contributed by atoms with Gasteiger partial charge in [-0.1, -0.05) is 30.3 Å². The summed E-state index contributed by atoms with van der Waals surface area (Å²) in [6.07, 6.45) is 5.75. The van der Waals surface area contributed by atoms with Gasteiger partial charge >= 0.3 is 0 Å². The fourth-order valence-electron chi connectivity index (χ4n) is 4.33. The lowest BCUT2D eigenvalue weighted by molar-refractivity contribution is -0.135. The van der Waals surface area contributed by atoms with Crippen LogP contribution >= 0.6 is 0 Å². The number of amides is 2. The molecule has 2 fully saturated rings. The molecule has 4 rings (SSSR count). The highest BCUT2D eigenvalue weighted by molar-refractivity contribution is 5.95. The molecule has 1 aromatic carbocycles. The second kappa shape index (κ2) is 10.0. The SMILES string of the molecule is Cc1nc([C@@H]2CCCCN2C(=O)CCc2ccccc2)ncc1C(=O)N1CCOCC1. The van der Waals surface area contributed by atoms with E-state index < -0.39 is 0 Å². The van der Waals surface area contributed by atoms with Crippen LogP contribution in [0.2, 0.25) is 0 Å². The molecule has 0 N–H and O–H groups in total. The molecular formula is C24H30N4O3. The lowest BCUT2D eigenvalue weighted by atomic mass is 9.99. The highest BCUT2D eigenvalue weighted by Crippen LogP contribution is 2.30. The highest BCUT2D eigenvalue weighted by Gasteiger charge is 2.30. The van der Waals surface area contributed by atoms with E-state index in [0.717, 1.165) is 32.2 Å². The maximum absolute atomic E-state index is 13.0. The third-order valence-electron chi connectivity index (χ3n) is 6.12. The van der Waals surface area contributed by atoms with Crippen LogP contribution in [0, 0.1) is 6.92 Å². The molecule has 0 saturated carbocycles. The first-order valence-corrected chi connectivity index (χ1v) is 11.2. The first-order valence-electron chi connectivity index (χ1n) is 11.2. The topological polar surface area (TPSA) is 75.6 Å². The molecule has 7 heteroatoms. The summed E-state index contributed by atoms with van der Waals surface area (Å²) in [6.45, 7) is 4.88. The van der Waals surface area contributed by atoms with Crippen molar-refractivity contribution in [1.82, 2.24) is 19.8 Å². The van der Waals surface area contributed by atoms with E-state index in [9.17, 15) is 9.59 Å². The molecule has 1 aromatic heterocycles. The maximum atomic E-state index is 13.0. The summed E-state index contributed by atoms with van der Waals surface area (Å²) in [7, 11) is 0. The number of benzene rings is 1. The fraction of sp³-hybridized carbons (Fsp3) is 0.500. The minimum absolute atomic E-state index is 0.0493. The molecule has 2 aromatic rings. The zero-order valence-electron chi connectivity index (χ0n) is 18.1. The van der Waals surface area contributed by atoms with Crippen LogP contribution in [-0.4, -0.2) is 64.4 Å². The number of aryl methyl sites for hydroxylation is 2. The molecular weight excluding hydrogens is 392 g/mol. The summed E-state index contributed by atoms with van der Waals surface area (Å²) in [5.41, 5.74) is 2.37. The average molecular weight is 423 g/mol. The lowest BCUT2D eigenvalue weighted by Gasteiger charge is -2.35. The zero-order chi connectivity index (χ0) is 21.6. The fourth-order valence-corrected chi connectivity index (χ4v) is 4.33. The normalized spacial score (nSPS) is 19.3. The molecule has 0 unspecified atom stereocenters. The Morgan fingerprint density at radius 3 is 2.61 bits per heavy atom. The molecule has 2 amide bonds. The van der Waals surface area contributed by atoms with Gasteiger partial charge in [0.05, 0.1) is 30.5 Å². The Hall–Kier alpha value is -2.80. The Morgan fingerprint density at radius 2 is 1.87 bits per heavy atom. The summed E-state index contributed by atoms with van der Waals surface area (Å²) >= 11 is 0. The summed E-state index contributed by atoms with van der Waals surface area (Å²) in [5, 5.41) is 0. The number of rotatable bonds is 5. The number of morpholine rings is 1. The standard InChI is InChI=1S/C24H30N4O3/c1-18-20(24(30)27-13-15-31-16-14-27)17-25-23(26-18)21-9-5-6-12-28(21)22(29)11-10-19-7-3-2-4-8-19/h2-4,7-8,17,21H,5-6,9-16H2,1H3/t21-/m0/s1. The van der Waals surface area contributed by atoms with Gasteiger partial charge in [0, 0.05) is 32.3 Å². The molecule has 2 saturated heterocycles. The Balaban J connectivity index is 1.46. The van der Waals surface area contributed by atoms with Gasteiger partial charge in [-0.25, -0.2) is 9.97 Å². The van der Waals surface area contributed by atoms with Crippen molar-refractivity contribution in [2.75, 3.05) is 32.8 Å². The molecule has 3 heterocycles. The number of hydrogen-bond donors (Lipinski definition) is 0. The van der Waals surface area contributed by atoms with Gasteiger partial charge in [-0.3, -0.25) is 9.59 Å². The van der Waals surface area contributed by atoms with Crippen molar-refractivity contribution in [2.24, 2.45) is 0 Å². The van der Waals surface area contributed by atoms with E-state index in [2.05, 4.69) is 22.1 Å². The van der Waals surface area contributed by atoms with Crippen LogP contribution in [0.5, 0.6) is 0 Å². The van der Waals surface area contributed by atoms with Crippen LogP contribution in [0.3, 0.4) is 0 Å². The Bertz CT molecular complexity index is 912. The molecule has 31 heavy (non-hydrogen) atoms. The second-order valence-corrected chi connectivity index (χ2v) is 8.22. The Labute approximate surface area is 183 Å². The van der Waals surface area contributed by atoms with E-state index in [1.54, 1.807) is 11.1 Å². The van der Waals surface area contributed by atoms with Crippen molar-refractivity contribution >= 4 is 11.8 Å². The Morgan fingerprint density at radius 1 is 1.10 bits per heavy atom. The summed E-state index contributed by atoms with van der Waals surface area (Å²) in [4.78, 5) is 38.8. The van der Waals surface area contributed by atoms with E-state index >= 15 is 0 Å². The van der Waals surface area contributed by atoms with Crippen LogP contribution < -0.4 is 0 Å². The number of aromatic nitrogens is 2. The predicted octanol–water partition coefficient (Wildman–Crippen LogP) is 2.94. The maximum Gasteiger partial charge on any atom is 0.257 e. The van der Waals surface area contributed by atoms with Crippen molar-refractivity contribution in [2.45, 2.75) is 45.1 Å². The first kappa shape index (κ1) is 21.4. The number of likely N-dealkylation sites (tertiary alicyclic amines) is 1. The van der Waals surface area contributed by atoms with Crippen LogP contribution in [0.15, 0.2) is 36.5 Å².